The summed E-state index contributed by atoms with van der Waals surface area (Å²) in [5.74, 6) is 0.627. The Morgan fingerprint density at radius 2 is 2.30 bits per heavy atom. The zero-order valence-electron chi connectivity index (χ0n) is 12.3. The van der Waals surface area contributed by atoms with E-state index in [9.17, 15) is 10.1 Å². The number of nitro benzene ring substituents is 1. The number of nitro groups is 1. The Labute approximate surface area is 120 Å². The zero-order valence-corrected chi connectivity index (χ0v) is 12.3. The number of benzene rings is 1. The maximum absolute atomic E-state index is 11.1. The molecule has 0 amide bonds. The SMILES string of the molecule is CCN(CC1CCCNC1)c1cccc([N+](=O)[O-])c1C. The predicted molar refractivity (Wildman–Crippen MR) is 81.3 cm³/mol. The van der Waals surface area contributed by atoms with Crippen LogP contribution in [0.3, 0.4) is 0 Å². The third kappa shape index (κ3) is 3.28. The molecule has 1 aliphatic rings. The van der Waals surface area contributed by atoms with E-state index in [-0.39, 0.29) is 10.6 Å². The fraction of sp³-hybridized carbons (Fsp3) is 0.600. The van der Waals surface area contributed by atoms with E-state index in [0.29, 0.717) is 5.92 Å². The van der Waals surface area contributed by atoms with Crippen LogP contribution in [-0.4, -0.2) is 31.1 Å². The summed E-state index contributed by atoms with van der Waals surface area (Å²) < 4.78 is 0. The molecule has 1 aromatic carbocycles. The summed E-state index contributed by atoms with van der Waals surface area (Å²) in [4.78, 5) is 13.0. The molecule has 1 fully saturated rings. The van der Waals surface area contributed by atoms with Crippen LogP contribution in [-0.2, 0) is 0 Å². The highest BCUT2D eigenvalue weighted by Gasteiger charge is 2.20. The summed E-state index contributed by atoms with van der Waals surface area (Å²) in [5, 5.41) is 14.5. The van der Waals surface area contributed by atoms with Gasteiger partial charge in [0, 0.05) is 24.8 Å². The summed E-state index contributed by atoms with van der Waals surface area (Å²) in [5.41, 5.74) is 1.97. The molecular formula is C15H23N3O2. The van der Waals surface area contributed by atoms with Crippen molar-refractivity contribution >= 4 is 11.4 Å². The van der Waals surface area contributed by atoms with Gasteiger partial charge in [0.05, 0.1) is 10.5 Å². The number of hydrogen-bond donors (Lipinski definition) is 1. The monoisotopic (exact) mass is 277 g/mol. The van der Waals surface area contributed by atoms with Crippen molar-refractivity contribution in [3.8, 4) is 0 Å². The van der Waals surface area contributed by atoms with Crippen molar-refractivity contribution in [2.45, 2.75) is 26.7 Å². The Bertz CT molecular complexity index is 470. The molecule has 0 aromatic heterocycles. The molecule has 1 aromatic rings. The van der Waals surface area contributed by atoms with Crippen molar-refractivity contribution in [1.29, 1.82) is 0 Å². The molecule has 5 nitrogen and oxygen atoms in total. The molecule has 5 heteroatoms. The van der Waals surface area contributed by atoms with Crippen LogP contribution in [0.15, 0.2) is 18.2 Å². The lowest BCUT2D eigenvalue weighted by Gasteiger charge is -2.31. The number of hydrogen-bond acceptors (Lipinski definition) is 4. The lowest BCUT2D eigenvalue weighted by molar-refractivity contribution is -0.385. The summed E-state index contributed by atoms with van der Waals surface area (Å²) in [6.45, 7) is 7.94. The van der Waals surface area contributed by atoms with Crippen molar-refractivity contribution in [1.82, 2.24) is 5.32 Å². The first-order valence-corrected chi connectivity index (χ1v) is 7.33. The predicted octanol–water partition coefficient (Wildman–Crippen LogP) is 2.73. The van der Waals surface area contributed by atoms with Gasteiger partial charge in [0.2, 0.25) is 0 Å². The summed E-state index contributed by atoms with van der Waals surface area (Å²) in [6.07, 6.45) is 2.45. The molecule has 0 bridgehead atoms. The Kier molecular flexibility index (Phi) is 4.95. The molecule has 20 heavy (non-hydrogen) atoms. The third-order valence-electron chi connectivity index (χ3n) is 4.07. The second-order valence-corrected chi connectivity index (χ2v) is 5.43. The van der Waals surface area contributed by atoms with Gasteiger partial charge in [-0.1, -0.05) is 6.07 Å². The van der Waals surface area contributed by atoms with Crippen LogP contribution in [0.5, 0.6) is 0 Å². The Morgan fingerprint density at radius 1 is 1.50 bits per heavy atom. The molecule has 1 N–H and O–H groups in total. The molecule has 1 heterocycles. The summed E-state index contributed by atoms with van der Waals surface area (Å²) in [6, 6.07) is 5.35. The molecule has 0 aliphatic carbocycles. The molecule has 1 unspecified atom stereocenters. The van der Waals surface area contributed by atoms with Gasteiger partial charge in [-0.25, -0.2) is 0 Å². The minimum atomic E-state index is -0.297. The average molecular weight is 277 g/mol. The molecule has 1 aliphatic heterocycles. The molecule has 110 valence electrons. The molecular weight excluding hydrogens is 254 g/mol. The van der Waals surface area contributed by atoms with Crippen LogP contribution >= 0.6 is 0 Å². The van der Waals surface area contributed by atoms with E-state index in [1.807, 2.05) is 13.0 Å². The van der Waals surface area contributed by atoms with Gasteiger partial charge in [0.1, 0.15) is 0 Å². The van der Waals surface area contributed by atoms with Crippen LogP contribution in [0.4, 0.5) is 11.4 Å². The van der Waals surface area contributed by atoms with Crippen molar-refractivity contribution in [2.24, 2.45) is 5.92 Å². The smallest absolute Gasteiger partial charge is 0.274 e. The highest BCUT2D eigenvalue weighted by molar-refractivity contribution is 5.61. The minimum Gasteiger partial charge on any atom is -0.371 e. The van der Waals surface area contributed by atoms with Crippen molar-refractivity contribution in [3.63, 3.8) is 0 Å². The maximum Gasteiger partial charge on any atom is 0.274 e. The van der Waals surface area contributed by atoms with Gasteiger partial charge in [0.25, 0.3) is 5.69 Å². The van der Waals surface area contributed by atoms with Gasteiger partial charge < -0.3 is 10.2 Å². The second-order valence-electron chi connectivity index (χ2n) is 5.43. The number of nitrogens with zero attached hydrogens (tertiary/aromatic N) is 2. The third-order valence-corrected chi connectivity index (χ3v) is 4.07. The summed E-state index contributed by atoms with van der Waals surface area (Å²) >= 11 is 0. The number of rotatable bonds is 5. The topological polar surface area (TPSA) is 58.4 Å². The largest absolute Gasteiger partial charge is 0.371 e. The van der Waals surface area contributed by atoms with E-state index >= 15 is 0 Å². The first kappa shape index (κ1) is 14.8. The molecule has 0 radical (unpaired) electrons. The summed E-state index contributed by atoms with van der Waals surface area (Å²) in [7, 11) is 0. The molecule has 0 saturated carbocycles. The molecule has 1 atom stereocenters. The van der Waals surface area contributed by atoms with Crippen molar-refractivity contribution in [2.75, 3.05) is 31.1 Å². The van der Waals surface area contributed by atoms with Crippen LogP contribution in [0.1, 0.15) is 25.3 Å². The Morgan fingerprint density at radius 3 is 2.90 bits per heavy atom. The van der Waals surface area contributed by atoms with Gasteiger partial charge in [-0.3, -0.25) is 10.1 Å². The normalized spacial score (nSPS) is 18.8. The standard InChI is InChI=1S/C15H23N3O2/c1-3-17(11-13-6-5-9-16-10-13)14-7-4-8-15(12(14)2)18(19)20/h4,7-8,13,16H,3,5-6,9-11H2,1-2H3. The number of nitrogens with one attached hydrogen (secondary N) is 1. The lowest BCUT2D eigenvalue weighted by atomic mass is 9.98. The van der Waals surface area contributed by atoms with Gasteiger partial charge >= 0.3 is 0 Å². The maximum atomic E-state index is 11.1. The first-order chi connectivity index (χ1) is 9.63. The average Bonchev–Trinajstić information content (AvgIpc) is 2.46. The van der Waals surface area contributed by atoms with Crippen LogP contribution in [0, 0.1) is 23.0 Å². The van der Waals surface area contributed by atoms with Gasteiger partial charge in [-0.15, -0.1) is 0 Å². The second kappa shape index (κ2) is 6.70. The van der Waals surface area contributed by atoms with E-state index in [4.69, 9.17) is 0 Å². The van der Waals surface area contributed by atoms with E-state index in [2.05, 4.69) is 17.1 Å². The van der Waals surface area contributed by atoms with Gasteiger partial charge in [-0.05, 0) is 51.8 Å². The van der Waals surface area contributed by atoms with Gasteiger partial charge in [0.15, 0.2) is 0 Å². The zero-order chi connectivity index (χ0) is 14.5. The Hall–Kier alpha value is -1.62. The van der Waals surface area contributed by atoms with E-state index in [1.54, 1.807) is 12.1 Å². The van der Waals surface area contributed by atoms with E-state index in [1.165, 1.54) is 12.8 Å². The Balaban J connectivity index is 2.18. The number of piperidine rings is 1. The fourth-order valence-electron chi connectivity index (χ4n) is 2.94. The van der Waals surface area contributed by atoms with Crippen molar-refractivity contribution < 1.29 is 4.92 Å². The van der Waals surface area contributed by atoms with Crippen molar-refractivity contribution in [3.05, 3.63) is 33.9 Å². The first-order valence-electron chi connectivity index (χ1n) is 7.33. The number of anilines is 1. The van der Waals surface area contributed by atoms with Crippen LogP contribution < -0.4 is 10.2 Å². The minimum absolute atomic E-state index is 0.211. The van der Waals surface area contributed by atoms with E-state index < -0.39 is 0 Å². The van der Waals surface area contributed by atoms with E-state index in [0.717, 1.165) is 37.4 Å². The molecule has 2 rings (SSSR count). The fourth-order valence-corrected chi connectivity index (χ4v) is 2.94. The highest BCUT2D eigenvalue weighted by atomic mass is 16.6. The lowest BCUT2D eigenvalue weighted by Crippen LogP contribution is -2.38. The van der Waals surface area contributed by atoms with Gasteiger partial charge in [-0.2, -0.15) is 0 Å². The highest BCUT2D eigenvalue weighted by Crippen LogP contribution is 2.29. The van der Waals surface area contributed by atoms with Crippen LogP contribution in [0.25, 0.3) is 0 Å². The molecule has 1 saturated heterocycles. The van der Waals surface area contributed by atoms with Crippen LogP contribution in [0.2, 0.25) is 0 Å². The molecule has 0 spiro atoms. The quantitative estimate of drug-likeness (QED) is 0.664.